The van der Waals surface area contributed by atoms with Crippen LogP contribution < -0.4 is 5.73 Å². The Balaban J connectivity index is 3.05. The number of benzene rings is 1. The molecule has 0 fully saturated rings. The van der Waals surface area contributed by atoms with E-state index in [9.17, 15) is 12.8 Å². The molecule has 0 radical (unpaired) electrons. The minimum atomic E-state index is -3.50. The van der Waals surface area contributed by atoms with Crippen molar-refractivity contribution < 1.29 is 12.8 Å². The number of sulfone groups is 1. The van der Waals surface area contributed by atoms with Crippen molar-refractivity contribution in [1.82, 2.24) is 0 Å². The van der Waals surface area contributed by atoms with E-state index in [1.54, 1.807) is 0 Å². The zero-order valence-electron chi connectivity index (χ0n) is 7.91. The molecule has 0 saturated carbocycles. The number of anilines is 1. The quantitative estimate of drug-likeness (QED) is 0.834. The third kappa shape index (κ3) is 3.07. The highest BCUT2D eigenvalue weighted by Gasteiger charge is 2.17. The van der Waals surface area contributed by atoms with Crippen LogP contribution in [0.25, 0.3) is 0 Å². The maximum absolute atomic E-state index is 11.9. The zero-order valence-corrected chi connectivity index (χ0v) is 9.48. The van der Waals surface area contributed by atoms with Gasteiger partial charge in [-0.25, -0.2) is 8.42 Å². The van der Waals surface area contributed by atoms with Gasteiger partial charge >= 0.3 is 0 Å². The molecule has 1 aromatic carbocycles. The molecular weight excluding hydrogens is 241 g/mol. The monoisotopic (exact) mass is 251 g/mol. The van der Waals surface area contributed by atoms with Gasteiger partial charge in [0.1, 0.15) is 0 Å². The Morgan fingerprint density at radius 2 is 2.07 bits per heavy atom. The van der Waals surface area contributed by atoms with Gasteiger partial charge in [0.05, 0.1) is 22.3 Å². The smallest absolute Gasteiger partial charge is 0.179 e. The fraction of sp³-hybridized carbons (Fsp3) is 0.333. The molecule has 0 bridgehead atoms. The molecule has 0 aliphatic heterocycles. The van der Waals surface area contributed by atoms with Crippen LogP contribution in [0.1, 0.15) is 6.42 Å². The summed E-state index contributed by atoms with van der Waals surface area (Å²) in [5.41, 5.74) is 5.82. The van der Waals surface area contributed by atoms with Crippen LogP contribution in [0.15, 0.2) is 23.1 Å². The zero-order chi connectivity index (χ0) is 11.5. The lowest BCUT2D eigenvalue weighted by atomic mass is 10.3. The molecule has 1 rings (SSSR count). The first-order valence-electron chi connectivity index (χ1n) is 4.31. The van der Waals surface area contributed by atoms with E-state index in [1.807, 2.05) is 0 Å². The largest absolute Gasteiger partial charge is 0.399 e. The molecule has 0 aliphatic rings. The average molecular weight is 252 g/mol. The highest BCUT2D eigenvalue weighted by Crippen LogP contribution is 2.24. The van der Waals surface area contributed by atoms with Gasteiger partial charge in [0, 0.05) is 5.69 Å². The van der Waals surface area contributed by atoms with Crippen molar-refractivity contribution >= 4 is 27.1 Å². The molecule has 84 valence electrons. The van der Waals surface area contributed by atoms with Crippen molar-refractivity contribution in [2.75, 3.05) is 18.2 Å². The minimum absolute atomic E-state index is 0.00631. The molecule has 1 aromatic rings. The Kier molecular flexibility index (Phi) is 3.93. The fourth-order valence-corrected chi connectivity index (χ4v) is 3.01. The van der Waals surface area contributed by atoms with Crippen LogP contribution >= 0.6 is 11.6 Å². The first-order valence-corrected chi connectivity index (χ1v) is 6.34. The lowest BCUT2D eigenvalue weighted by Gasteiger charge is -2.05. The Bertz CT molecular complexity index is 447. The van der Waals surface area contributed by atoms with E-state index in [-0.39, 0.29) is 22.1 Å². The van der Waals surface area contributed by atoms with Gasteiger partial charge in [0.15, 0.2) is 9.84 Å². The number of nitrogens with two attached hydrogens (primary N) is 1. The van der Waals surface area contributed by atoms with E-state index < -0.39 is 16.5 Å². The summed E-state index contributed by atoms with van der Waals surface area (Å²) in [7, 11) is -3.50. The lowest BCUT2D eigenvalue weighted by Crippen LogP contribution is -2.08. The van der Waals surface area contributed by atoms with Crippen LogP contribution in [0.2, 0.25) is 5.02 Å². The highest BCUT2D eigenvalue weighted by molar-refractivity contribution is 7.91. The summed E-state index contributed by atoms with van der Waals surface area (Å²) in [6, 6.07) is 4.16. The van der Waals surface area contributed by atoms with Crippen molar-refractivity contribution in [3.8, 4) is 0 Å². The molecule has 0 heterocycles. The second-order valence-electron chi connectivity index (χ2n) is 3.05. The van der Waals surface area contributed by atoms with Crippen molar-refractivity contribution in [3.05, 3.63) is 23.2 Å². The van der Waals surface area contributed by atoms with Gasteiger partial charge in [0.25, 0.3) is 0 Å². The van der Waals surface area contributed by atoms with Crippen molar-refractivity contribution in [2.24, 2.45) is 0 Å². The summed E-state index contributed by atoms with van der Waals surface area (Å²) in [4.78, 5) is 0.00631. The fourth-order valence-electron chi connectivity index (χ4n) is 1.12. The molecule has 3 nitrogen and oxygen atoms in total. The highest BCUT2D eigenvalue weighted by atomic mass is 35.5. The van der Waals surface area contributed by atoms with Crippen LogP contribution in [0.5, 0.6) is 0 Å². The second-order valence-corrected chi connectivity index (χ2v) is 5.54. The summed E-state index contributed by atoms with van der Waals surface area (Å²) in [6.07, 6.45) is -0.0248. The molecule has 2 N–H and O–H groups in total. The van der Waals surface area contributed by atoms with Crippen molar-refractivity contribution in [3.63, 3.8) is 0 Å². The summed E-state index contributed by atoms with van der Waals surface area (Å²) in [5, 5.41) is 0.0776. The topological polar surface area (TPSA) is 60.2 Å². The molecule has 15 heavy (non-hydrogen) atoms. The number of rotatable bonds is 4. The van der Waals surface area contributed by atoms with Crippen molar-refractivity contribution in [1.29, 1.82) is 0 Å². The van der Waals surface area contributed by atoms with Gasteiger partial charge in [-0.3, -0.25) is 4.39 Å². The van der Waals surface area contributed by atoms with Crippen molar-refractivity contribution in [2.45, 2.75) is 11.3 Å². The maximum Gasteiger partial charge on any atom is 0.179 e. The predicted octanol–water partition coefficient (Wildman–Crippen LogP) is 2.06. The van der Waals surface area contributed by atoms with E-state index in [4.69, 9.17) is 17.3 Å². The van der Waals surface area contributed by atoms with Gasteiger partial charge in [-0.15, -0.1) is 0 Å². The van der Waals surface area contributed by atoms with E-state index in [0.717, 1.165) is 0 Å². The van der Waals surface area contributed by atoms with E-state index in [2.05, 4.69) is 0 Å². The Hall–Kier alpha value is -0.810. The standard InChI is InChI=1S/C9H11ClFNO2S/c10-8-6-7(12)2-3-9(8)15(13,14)5-1-4-11/h2-3,6H,1,4-5,12H2. The Labute approximate surface area is 93.0 Å². The molecule has 0 aromatic heterocycles. The summed E-state index contributed by atoms with van der Waals surface area (Å²) in [5.74, 6) is -0.243. The average Bonchev–Trinajstić information content (AvgIpc) is 2.14. The number of alkyl halides is 1. The Morgan fingerprint density at radius 1 is 1.40 bits per heavy atom. The first-order chi connectivity index (χ1) is 6.97. The van der Waals surface area contributed by atoms with Gasteiger partial charge in [-0.2, -0.15) is 0 Å². The van der Waals surface area contributed by atoms with E-state index in [0.29, 0.717) is 5.69 Å². The molecule has 0 amide bonds. The number of hydrogen-bond acceptors (Lipinski definition) is 3. The molecule has 0 atom stereocenters. The molecule has 0 aliphatic carbocycles. The summed E-state index contributed by atoms with van der Waals surface area (Å²) < 4.78 is 35.1. The minimum Gasteiger partial charge on any atom is -0.399 e. The van der Waals surface area contributed by atoms with Gasteiger partial charge in [0.2, 0.25) is 0 Å². The molecule has 0 unspecified atom stereocenters. The lowest BCUT2D eigenvalue weighted by molar-refractivity contribution is 0.484. The molecule has 6 heteroatoms. The van der Waals surface area contributed by atoms with Gasteiger partial charge in [-0.05, 0) is 24.6 Å². The van der Waals surface area contributed by atoms with Crippen LogP contribution in [0, 0.1) is 0 Å². The van der Waals surface area contributed by atoms with Gasteiger partial charge in [-0.1, -0.05) is 11.6 Å². The van der Waals surface area contributed by atoms with E-state index in [1.165, 1.54) is 18.2 Å². The maximum atomic E-state index is 11.9. The molecule has 0 spiro atoms. The number of hydrogen-bond donors (Lipinski definition) is 1. The third-order valence-corrected chi connectivity index (χ3v) is 4.11. The Morgan fingerprint density at radius 3 is 2.60 bits per heavy atom. The second kappa shape index (κ2) is 4.81. The summed E-state index contributed by atoms with van der Waals surface area (Å²) in [6.45, 7) is -0.661. The van der Waals surface area contributed by atoms with Crippen LogP contribution in [-0.2, 0) is 9.84 Å². The number of halogens is 2. The normalized spacial score (nSPS) is 11.6. The van der Waals surface area contributed by atoms with Crippen LogP contribution in [0.4, 0.5) is 10.1 Å². The third-order valence-electron chi connectivity index (χ3n) is 1.84. The van der Waals surface area contributed by atoms with Gasteiger partial charge < -0.3 is 5.73 Å². The predicted molar refractivity (Wildman–Crippen MR) is 58.5 cm³/mol. The van der Waals surface area contributed by atoms with Crippen LogP contribution in [-0.4, -0.2) is 20.8 Å². The van der Waals surface area contributed by atoms with Crippen LogP contribution in [0.3, 0.4) is 0 Å². The number of nitrogen functional groups attached to an aromatic ring is 1. The van der Waals surface area contributed by atoms with E-state index >= 15 is 0 Å². The summed E-state index contributed by atoms with van der Waals surface area (Å²) >= 11 is 5.74. The SMILES string of the molecule is Nc1ccc(S(=O)(=O)CCCF)c(Cl)c1. The molecular formula is C9H11ClFNO2S. The molecule has 0 saturated heterocycles. The first kappa shape index (κ1) is 12.3.